The van der Waals surface area contributed by atoms with Crippen LogP contribution in [0.3, 0.4) is 0 Å². The second-order valence-electron chi connectivity index (χ2n) is 10.1. The van der Waals surface area contributed by atoms with Gasteiger partial charge in [-0.2, -0.15) is 0 Å². The molecule has 0 spiro atoms. The van der Waals surface area contributed by atoms with Gasteiger partial charge in [0.1, 0.15) is 5.84 Å². The van der Waals surface area contributed by atoms with Crippen molar-refractivity contribution in [2.24, 2.45) is 5.92 Å². The van der Waals surface area contributed by atoms with Crippen LogP contribution >= 0.6 is 11.8 Å². The van der Waals surface area contributed by atoms with Gasteiger partial charge in [-0.3, -0.25) is 10.3 Å². The van der Waals surface area contributed by atoms with E-state index in [2.05, 4.69) is 65.6 Å². The van der Waals surface area contributed by atoms with Crippen molar-refractivity contribution in [2.75, 3.05) is 66.0 Å². The molecule has 9 nitrogen and oxygen atoms in total. The van der Waals surface area contributed by atoms with Crippen molar-refractivity contribution in [3.8, 4) is 0 Å². The van der Waals surface area contributed by atoms with Crippen LogP contribution in [0.2, 0.25) is 0 Å². The van der Waals surface area contributed by atoms with E-state index in [0.717, 1.165) is 55.9 Å². The molecule has 10 heteroatoms. The number of rotatable bonds is 9. The van der Waals surface area contributed by atoms with Crippen molar-refractivity contribution in [1.82, 2.24) is 4.90 Å². The van der Waals surface area contributed by atoms with Crippen LogP contribution in [0.1, 0.15) is 20.3 Å². The molecule has 200 valence electrons. The Hall–Kier alpha value is -3.08. The lowest BCUT2D eigenvalue weighted by Gasteiger charge is -2.34. The van der Waals surface area contributed by atoms with Gasteiger partial charge in [-0.25, -0.2) is 0 Å². The van der Waals surface area contributed by atoms with Gasteiger partial charge in [0.15, 0.2) is 5.50 Å². The number of aliphatic hydroxyl groups is 2. The van der Waals surface area contributed by atoms with E-state index in [0.29, 0.717) is 16.5 Å². The summed E-state index contributed by atoms with van der Waals surface area (Å²) in [6.07, 6.45) is 1.81. The Morgan fingerprint density at radius 1 is 1.11 bits per heavy atom. The molecule has 0 radical (unpaired) electrons. The molecule has 1 unspecified atom stereocenters. The number of thioether (sulfide) groups is 1. The van der Waals surface area contributed by atoms with E-state index >= 15 is 0 Å². The summed E-state index contributed by atoms with van der Waals surface area (Å²) in [6, 6.07) is 13.9. The van der Waals surface area contributed by atoms with Crippen molar-refractivity contribution < 1.29 is 10.2 Å². The third-order valence-corrected chi connectivity index (χ3v) is 7.84. The lowest BCUT2D eigenvalue weighted by molar-refractivity contribution is 0.259. The van der Waals surface area contributed by atoms with Gasteiger partial charge in [0.2, 0.25) is 0 Å². The number of piperazine rings is 1. The average molecular weight is 526 g/mol. The summed E-state index contributed by atoms with van der Waals surface area (Å²) in [5.41, 5.74) is 10.2. The summed E-state index contributed by atoms with van der Waals surface area (Å²) in [5.74, 6) is 0.644. The molecule has 4 rings (SSSR count). The number of nitrogens with two attached hydrogens (primary N) is 1. The topological polar surface area (TPSA) is 124 Å². The van der Waals surface area contributed by atoms with E-state index < -0.39 is 0 Å². The van der Waals surface area contributed by atoms with E-state index in [4.69, 9.17) is 11.1 Å². The molecule has 2 heterocycles. The zero-order valence-corrected chi connectivity index (χ0v) is 22.6. The highest BCUT2D eigenvalue weighted by Crippen LogP contribution is 2.40. The fraction of sp³-hybridized carbons (Fsp3) is 0.444. The molecular weight excluding hydrogens is 486 g/mol. The van der Waals surface area contributed by atoms with E-state index in [-0.39, 0.29) is 24.0 Å². The van der Waals surface area contributed by atoms with Gasteiger partial charge in [-0.1, -0.05) is 25.6 Å². The quantitative estimate of drug-likeness (QED) is 0.211. The van der Waals surface area contributed by atoms with Gasteiger partial charge in [-0.15, -0.1) is 0 Å². The Morgan fingerprint density at radius 3 is 2.38 bits per heavy atom. The largest absolute Gasteiger partial charge is 0.514 e. The second kappa shape index (κ2) is 12.0. The van der Waals surface area contributed by atoms with Gasteiger partial charge in [0.05, 0.1) is 29.1 Å². The van der Waals surface area contributed by atoms with E-state index in [1.54, 1.807) is 0 Å². The molecule has 0 aliphatic carbocycles. The summed E-state index contributed by atoms with van der Waals surface area (Å²) in [7, 11) is 2.15. The van der Waals surface area contributed by atoms with Gasteiger partial charge in [0.25, 0.3) is 0 Å². The average Bonchev–Trinajstić information content (AvgIpc) is 3.20. The van der Waals surface area contributed by atoms with E-state index in [1.807, 2.05) is 23.1 Å². The summed E-state index contributed by atoms with van der Waals surface area (Å²) in [6.45, 7) is 8.40. The van der Waals surface area contributed by atoms with Gasteiger partial charge in [0, 0.05) is 49.3 Å². The second-order valence-corrected chi connectivity index (χ2v) is 11.2. The number of benzene rings is 2. The fourth-order valence-electron chi connectivity index (χ4n) is 4.69. The third-order valence-electron chi connectivity index (χ3n) is 6.74. The molecular formula is C27H39N7O2S. The third kappa shape index (κ3) is 6.44. The summed E-state index contributed by atoms with van der Waals surface area (Å²) in [4.78, 5) is 7.03. The molecule has 0 bridgehead atoms. The molecule has 2 aliphatic rings. The van der Waals surface area contributed by atoms with Crippen LogP contribution < -0.4 is 26.2 Å². The predicted molar refractivity (Wildman–Crippen MR) is 157 cm³/mol. The standard InChI is InChI=1S/C27H39N7O2S/c1-18(2)14-20(16-35)30-24-9-8-22(15-23(24)28)34-26(29)25(17-36)37-27(34)31-19-4-6-21(7-5-19)33-12-10-32(3)11-13-33/h4-9,15,17-18,20,27,29-31,35-36H,10-14,16,28H2,1-3H3/t20?,27-/m1/s1. The van der Waals surface area contributed by atoms with Crippen molar-refractivity contribution in [3.63, 3.8) is 0 Å². The van der Waals surface area contributed by atoms with Crippen molar-refractivity contribution in [3.05, 3.63) is 53.6 Å². The summed E-state index contributed by atoms with van der Waals surface area (Å²) >= 11 is 1.38. The number of hydrogen-bond acceptors (Lipinski definition) is 9. The molecule has 2 saturated heterocycles. The highest BCUT2D eigenvalue weighted by molar-refractivity contribution is 8.05. The Morgan fingerprint density at radius 2 is 1.78 bits per heavy atom. The number of hydrogen-bond donors (Lipinski definition) is 6. The molecule has 7 N–H and O–H groups in total. The highest BCUT2D eigenvalue weighted by atomic mass is 32.2. The number of nitrogens with zero attached hydrogens (tertiary/aromatic N) is 3. The first kappa shape index (κ1) is 27.0. The number of nitrogen functional groups attached to an aromatic ring is 1. The SMILES string of the molecule is CC(C)CC(CO)Nc1ccc(N2C(=N)C(=CO)S[C@@H]2Nc2ccc(N3CCN(C)CC3)cc2)cc1N. The van der Waals surface area contributed by atoms with Crippen LogP contribution in [0, 0.1) is 11.3 Å². The minimum absolute atomic E-state index is 0.0248. The van der Waals surface area contributed by atoms with Crippen LogP contribution in [0.25, 0.3) is 0 Å². The monoisotopic (exact) mass is 525 g/mol. The lowest BCUT2D eigenvalue weighted by atomic mass is 10.0. The molecule has 0 saturated carbocycles. The predicted octanol–water partition coefficient (Wildman–Crippen LogP) is 4.17. The van der Waals surface area contributed by atoms with Crippen molar-refractivity contribution in [2.45, 2.75) is 31.8 Å². The molecule has 2 aromatic rings. The van der Waals surface area contributed by atoms with Crippen molar-refractivity contribution in [1.29, 1.82) is 5.41 Å². The molecule has 0 amide bonds. The first-order valence-electron chi connectivity index (χ1n) is 12.7. The molecule has 0 aromatic heterocycles. The Labute approximate surface area is 223 Å². The zero-order valence-electron chi connectivity index (χ0n) is 21.8. The fourth-order valence-corrected chi connectivity index (χ4v) is 5.73. The normalized spacial score (nSPS) is 20.6. The highest BCUT2D eigenvalue weighted by Gasteiger charge is 2.35. The Kier molecular flexibility index (Phi) is 8.73. The number of aliphatic hydroxyl groups excluding tert-OH is 2. The number of nitrogens with one attached hydrogen (secondary N) is 3. The van der Waals surface area contributed by atoms with Crippen LogP contribution in [-0.4, -0.2) is 72.3 Å². The number of likely N-dealkylation sites (N-methyl/N-ethyl adjacent to an activating group) is 1. The number of anilines is 5. The Bertz CT molecular complexity index is 1100. The molecule has 2 fully saturated rings. The minimum Gasteiger partial charge on any atom is -0.514 e. The Balaban J connectivity index is 1.50. The zero-order chi connectivity index (χ0) is 26.5. The maximum atomic E-state index is 9.74. The molecule has 37 heavy (non-hydrogen) atoms. The van der Waals surface area contributed by atoms with Crippen LogP contribution in [0.4, 0.5) is 28.4 Å². The first-order chi connectivity index (χ1) is 17.8. The summed E-state index contributed by atoms with van der Waals surface area (Å²) in [5, 5.41) is 35.0. The van der Waals surface area contributed by atoms with Gasteiger partial charge < -0.3 is 36.4 Å². The van der Waals surface area contributed by atoms with E-state index in [9.17, 15) is 10.2 Å². The minimum atomic E-state index is -0.329. The maximum absolute atomic E-state index is 9.74. The van der Waals surface area contributed by atoms with Gasteiger partial charge in [-0.05, 0) is 61.9 Å². The van der Waals surface area contributed by atoms with E-state index in [1.165, 1.54) is 17.4 Å². The first-order valence-corrected chi connectivity index (χ1v) is 13.6. The van der Waals surface area contributed by atoms with Gasteiger partial charge >= 0.3 is 0 Å². The maximum Gasteiger partial charge on any atom is 0.158 e. The summed E-state index contributed by atoms with van der Waals surface area (Å²) < 4.78 is 0. The van der Waals surface area contributed by atoms with Crippen LogP contribution in [-0.2, 0) is 0 Å². The molecule has 2 aromatic carbocycles. The number of amidine groups is 1. The van der Waals surface area contributed by atoms with Crippen LogP contribution in [0.15, 0.2) is 53.6 Å². The lowest BCUT2D eigenvalue weighted by Crippen LogP contribution is -2.44. The smallest absolute Gasteiger partial charge is 0.158 e. The molecule has 2 atom stereocenters. The molecule has 2 aliphatic heterocycles. The van der Waals surface area contributed by atoms with Crippen LogP contribution in [0.5, 0.6) is 0 Å². The van der Waals surface area contributed by atoms with Crippen molar-refractivity contribution >= 4 is 46.0 Å².